The molecule has 0 atom stereocenters. The van der Waals surface area contributed by atoms with Crippen LogP contribution in [0.1, 0.15) is 53.9 Å². The van der Waals surface area contributed by atoms with E-state index in [9.17, 15) is 9.59 Å². The minimum Gasteiger partial charge on any atom is -0.325 e. The van der Waals surface area contributed by atoms with Gasteiger partial charge in [0.2, 0.25) is 0 Å². The molecule has 0 fully saturated rings. The molecule has 21 heavy (non-hydrogen) atoms. The highest BCUT2D eigenvalue weighted by molar-refractivity contribution is 6.02. The van der Waals surface area contributed by atoms with Crippen molar-refractivity contribution in [3.63, 3.8) is 0 Å². The second-order valence-electron chi connectivity index (χ2n) is 5.96. The maximum atomic E-state index is 12.4. The number of benzene rings is 1. The summed E-state index contributed by atoms with van der Waals surface area (Å²) < 4.78 is 0. The molecule has 3 heteroatoms. The smallest absolute Gasteiger partial charge is 0.259 e. The van der Waals surface area contributed by atoms with E-state index in [0.717, 1.165) is 35.2 Å². The third-order valence-electron chi connectivity index (χ3n) is 4.21. The number of ketones is 1. The summed E-state index contributed by atoms with van der Waals surface area (Å²) in [6.45, 7) is 5.61. The van der Waals surface area contributed by atoms with Crippen molar-refractivity contribution < 1.29 is 4.79 Å². The Hall–Kier alpha value is -2.16. The van der Waals surface area contributed by atoms with Gasteiger partial charge in [-0.2, -0.15) is 0 Å². The molecular weight excluding hydrogens is 262 g/mol. The Balaban J connectivity index is 2.44. The standard InChI is InChI=1S/C18H19NO2/c1-10(2)17-14-9-8-12-6-4-5-7-13(12)16(14)15(11(3)20)18(21)19-17/h4-7,10H,8-9H2,1-3H3,(H,19,21). The molecule has 0 saturated heterocycles. The first-order valence-corrected chi connectivity index (χ1v) is 7.39. The number of nitrogens with one attached hydrogen (secondary N) is 1. The van der Waals surface area contributed by atoms with Crippen molar-refractivity contribution in [2.24, 2.45) is 0 Å². The van der Waals surface area contributed by atoms with Gasteiger partial charge < -0.3 is 4.98 Å². The number of Topliss-reactive ketones (excluding diaryl/α,β-unsaturated/α-hetero) is 1. The van der Waals surface area contributed by atoms with Crippen LogP contribution in [-0.2, 0) is 12.8 Å². The lowest BCUT2D eigenvalue weighted by molar-refractivity contribution is 0.101. The number of carbonyl (C=O) groups excluding carboxylic acids is 1. The SMILES string of the molecule is CC(=O)c1c2c(c(C(C)C)[nH]c1=O)CCc1ccccc1-2. The number of hydrogen-bond acceptors (Lipinski definition) is 2. The van der Waals surface area contributed by atoms with Crippen LogP contribution in [0.4, 0.5) is 0 Å². The molecule has 1 aromatic carbocycles. The van der Waals surface area contributed by atoms with E-state index in [0.29, 0.717) is 5.56 Å². The third-order valence-corrected chi connectivity index (χ3v) is 4.21. The topological polar surface area (TPSA) is 49.9 Å². The Bertz CT molecular complexity index is 784. The van der Waals surface area contributed by atoms with E-state index in [1.807, 2.05) is 18.2 Å². The third kappa shape index (κ3) is 2.13. The van der Waals surface area contributed by atoms with E-state index in [-0.39, 0.29) is 17.3 Å². The zero-order chi connectivity index (χ0) is 15.1. The fraction of sp³-hybridized carbons (Fsp3) is 0.333. The van der Waals surface area contributed by atoms with Crippen LogP contribution in [-0.4, -0.2) is 10.8 Å². The summed E-state index contributed by atoms with van der Waals surface area (Å²) in [6, 6.07) is 8.07. The van der Waals surface area contributed by atoms with Crippen LogP contribution in [0.3, 0.4) is 0 Å². The molecule has 1 heterocycles. The van der Waals surface area contributed by atoms with Crippen molar-refractivity contribution in [2.45, 2.75) is 39.5 Å². The molecule has 3 nitrogen and oxygen atoms in total. The summed E-state index contributed by atoms with van der Waals surface area (Å²) in [5, 5.41) is 0. The number of pyridine rings is 1. The first kappa shape index (κ1) is 13.8. The second kappa shape index (κ2) is 4.99. The van der Waals surface area contributed by atoms with Gasteiger partial charge in [-0.3, -0.25) is 9.59 Å². The number of H-pyrrole nitrogens is 1. The van der Waals surface area contributed by atoms with Gasteiger partial charge in [0.1, 0.15) is 0 Å². The molecule has 1 aliphatic rings. The monoisotopic (exact) mass is 281 g/mol. The molecule has 0 spiro atoms. The first-order chi connectivity index (χ1) is 10.0. The van der Waals surface area contributed by atoms with E-state index < -0.39 is 0 Å². The van der Waals surface area contributed by atoms with Crippen LogP contribution >= 0.6 is 0 Å². The van der Waals surface area contributed by atoms with Crippen LogP contribution in [0.15, 0.2) is 29.1 Å². The fourth-order valence-corrected chi connectivity index (χ4v) is 3.29. The summed E-state index contributed by atoms with van der Waals surface area (Å²) in [4.78, 5) is 27.3. The average molecular weight is 281 g/mol. The number of aryl methyl sites for hydroxylation is 1. The molecular formula is C18H19NO2. The second-order valence-corrected chi connectivity index (χ2v) is 5.96. The van der Waals surface area contributed by atoms with Crippen LogP contribution in [0, 0.1) is 0 Å². The Kier molecular flexibility index (Phi) is 3.28. The van der Waals surface area contributed by atoms with E-state index in [2.05, 4.69) is 24.9 Å². The van der Waals surface area contributed by atoms with Crippen molar-refractivity contribution in [2.75, 3.05) is 0 Å². The van der Waals surface area contributed by atoms with E-state index in [4.69, 9.17) is 0 Å². The molecule has 1 aromatic heterocycles. The molecule has 108 valence electrons. The predicted molar refractivity (Wildman–Crippen MR) is 84.0 cm³/mol. The Labute approximate surface area is 124 Å². The van der Waals surface area contributed by atoms with Gasteiger partial charge in [-0.25, -0.2) is 0 Å². The maximum Gasteiger partial charge on any atom is 0.259 e. The summed E-state index contributed by atoms with van der Waals surface area (Å²) in [7, 11) is 0. The van der Waals surface area contributed by atoms with E-state index in [1.165, 1.54) is 12.5 Å². The van der Waals surface area contributed by atoms with Crippen LogP contribution in [0.25, 0.3) is 11.1 Å². The maximum absolute atomic E-state index is 12.4. The molecule has 2 aromatic rings. The van der Waals surface area contributed by atoms with E-state index in [1.54, 1.807) is 0 Å². The molecule has 0 bridgehead atoms. The number of fused-ring (bicyclic) bond motifs is 3. The van der Waals surface area contributed by atoms with Crippen molar-refractivity contribution in [3.05, 3.63) is 57.0 Å². The van der Waals surface area contributed by atoms with Crippen LogP contribution in [0.2, 0.25) is 0 Å². The highest BCUT2D eigenvalue weighted by Gasteiger charge is 2.26. The summed E-state index contributed by atoms with van der Waals surface area (Å²) >= 11 is 0. The minimum absolute atomic E-state index is 0.167. The quantitative estimate of drug-likeness (QED) is 0.857. The van der Waals surface area contributed by atoms with Gasteiger partial charge in [0.25, 0.3) is 5.56 Å². The summed E-state index contributed by atoms with van der Waals surface area (Å²) in [5.74, 6) is 0.0669. The molecule has 1 aliphatic carbocycles. The first-order valence-electron chi connectivity index (χ1n) is 7.39. The Morgan fingerprint density at radius 3 is 2.57 bits per heavy atom. The lowest BCUT2D eigenvalue weighted by Gasteiger charge is -2.25. The van der Waals surface area contributed by atoms with Gasteiger partial charge in [0.15, 0.2) is 5.78 Å². The molecule has 0 amide bonds. The van der Waals surface area contributed by atoms with Gasteiger partial charge in [-0.1, -0.05) is 38.1 Å². The lowest BCUT2D eigenvalue weighted by atomic mass is 9.80. The zero-order valence-corrected chi connectivity index (χ0v) is 12.6. The van der Waals surface area contributed by atoms with Crippen LogP contribution < -0.4 is 5.56 Å². The molecule has 0 saturated carbocycles. The molecule has 0 radical (unpaired) electrons. The van der Waals surface area contributed by atoms with Gasteiger partial charge in [-0.15, -0.1) is 0 Å². The van der Waals surface area contributed by atoms with Crippen molar-refractivity contribution in [1.29, 1.82) is 0 Å². The zero-order valence-electron chi connectivity index (χ0n) is 12.6. The molecule has 1 N–H and O–H groups in total. The summed E-state index contributed by atoms with van der Waals surface area (Å²) in [6.07, 6.45) is 1.82. The Morgan fingerprint density at radius 1 is 1.19 bits per heavy atom. The molecule has 0 unspecified atom stereocenters. The number of carbonyl (C=O) groups is 1. The average Bonchev–Trinajstić information content (AvgIpc) is 2.45. The predicted octanol–water partition coefficient (Wildman–Crippen LogP) is 3.47. The van der Waals surface area contributed by atoms with Gasteiger partial charge in [-0.05, 0) is 42.4 Å². The highest BCUT2D eigenvalue weighted by atomic mass is 16.1. The lowest BCUT2D eigenvalue weighted by Crippen LogP contribution is -2.24. The van der Waals surface area contributed by atoms with Gasteiger partial charge in [0, 0.05) is 11.3 Å². The Morgan fingerprint density at radius 2 is 1.90 bits per heavy atom. The van der Waals surface area contributed by atoms with Crippen molar-refractivity contribution in [1.82, 2.24) is 4.98 Å². The van der Waals surface area contributed by atoms with Gasteiger partial charge in [0.05, 0.1) is 5.56 Å². The fourth-order valence-electron chi connectivity index (χ4n) is 3.29. The number of aromatic nitrogens is 1. The van der Waals surface area contributed by atoms with Crippen molar-refractivity contribution in [3.8, 4) is 11.1 Å². The number of aromatic amines is 1. The summed E-state index contributed by atoms with van der Waals surface area (Å²) in [5.41, 5.74) is 5.26. The minimum atomic E-state index is -0.262. The normalized spacial score (nSPS) is 13.0. The van der Waals surface area contributed by atoms with Crippen LogP contribution in [0.5, 0.6) is 0 Å². The van der Waals surface area contributed by atoms with Gasteiger partial charge >= 0.3 is 0 Å². The van der Waals surface area contributed by atoms with E-state index >= 15 is 0 Å². The highest BCUT2D eigenvalue weighted by Crippen LogP contribution is 2.37. The number of hydrogen-bond donors (Lipinski definition) is 1. The van der Waals surface area contributed by atoms with Crippen molar-refractivity contribution >= 4 is 5.78 Å². The largest absolute Gasteiger partial charge is 0.325 e. The molecule has 3 rings (SSSR count). The number of rotatable bonds is 2. The molecule has 0 aliphatic heterocycles.